The number of hydrogen-bond donors (Lipinski definition) is 3. The molecule has 1 aliphatic heterocycles. The Hall–Kier alpha value is -2.27. The second kappa shape index (κ2) is 7.77. The molecule has 0 aliphatic carbocycles. The molecule has 150 valence electrons. The van der Waals surface area contributed by atoms with Gasteiger partial charge in [0.1, 0.15) is 17.9 Å². The van der Waals surface area contributed by atoms with E-state index in [0.717, 1.165) is 0 Å². The summed E-state index contributed by atoms with van der Waals surface area (Å²) in [5.74, 6) is -3.98. The molecule has 1 fully saturated rings. The molecular formula is C16H19F5N4O2. The second-order valence-corrected chi connectivity index (χ2v) is 6.44. The van der Waals surface area contributed by atoms with Gasteiger partial charge in [-0.1, -0.05) is 0 Å². The summed E-state index contributed by atoms with van der Waals surface area (Å²) < 4.78 is 65.6. The fourth-order valence-corrected chi connectivity index (χ4v) is 2.64. The van der Waals surface area contributed by atoms with E-state index in [4.69, 9.17) is 0 Å². The molecule has 27 heavy (non-hydrogen) atoms. The summed E-state index contributed by atoms with van der Waals surface area (Å²) in [4.78, 5) is 25.7. The minimum atomic E-state index is -5.03. The fourth-order valence-electron chi connectivity index (χ4n) is 2.64. The molecule has 11 heteroatoms. The van der Waals surface area contributed by atoms with E-state index in [1.54, 1.807) is 19.0 Å². The van der Waals surface area contributed by atoms with Crippen LogP contribution in [0.15, 0.2) is 12.1 Å². The highest BCUT2D eigenvalue weighted by molar-refractivity contribution is 5.89. The monoisotopic (exact) mass is 394 g/mol. The highest BCUT2D eigenvalue weighted by Crippen LogP contribution is 2.33. The van der Waals surface area contributed by atoms with Crippen LogP contribution < -0.4 is 16.0 Å². The van der Waals surface area contributed by atoms with Crippen molar-refractivity contribution in [2.45, 2.75) is 37.9 Å². The van der Waals surface area contributed by atoms with Gasteiger partial charge in [0.25, 0.3) is 0 Å². The summed E-state index contributed by atoms with van der Waals surface area (Å²) in [6.45, 7) is 1.30. The zero-order valence-corrected chi connectivity index (χ0v) is 14.7. The summed E-state index contributed by atoms with van der Waals surface area (Å²) in [5, 5.41) is 7.85. The van der Waals surface area contributed by atoms with Gasteiger partial charge in [0, 0.05) is 5.56 Å². The Kier molecular flexibility index (Phi) is 6.05. The van der Waals surface area contributed by atoms with Crippen LogP contribution in [0.3, 0.4) is 0 Å². The molecule has 1 aromatic carbocycles. The number of nitrogens with zero attached hydrogens (tertiary/aromatic N) is 1. The minimum Gasteiger partial charge on any atom is -0.348 e. The maximum atomic E-state index is 14.0. The highest BCUT2D eigenvalue weighted by atomic mass is 19.4. The molecule has 2 rings (SSSR count). The van der Waals surface area contributed by atoms with Gasteiger partial charge < -0.3 is 10.6 Å². The van der Waals surface area contributed by atoms with E-state index in [9.17, 15) is 31.5 Å². The van der Waals surface area contributed by atoms with Gasteiger partial charge in [-0.3, -0.25) is 19.8 Å². The SMILES string of the molecule is C[C@@H](NC(=O)C1CC(=O)NC(N(C)C)N1)c1cc(F)c(C(F)(F)F)cc1F. The van der Waals surface area contributed by atoms with Gasteiger partial charge in [0.15, 0.2) is 0 Å². The topological polar surface area (TPSA) is 73.5 Å². The van der Waals surface area contributed by atoms with E-state index in [2.05, 4.69) is 16.0 Å². The lowest BCUT2D eigenvalue weighted by Gasteiger charge is -2.35. The first-order chi connectivity index (χ1) is 12.4. The highest BCUT2D eigenvalue weighted by Gasteiger charge is 2.36. The molecule has 1 aromatic rings. The summed E-state index contributed by atoms with van der Waals surface area (Å²) >= 11 is 0. The van der Waals surface area contributed by atoms with Crippen molar-refractivity contribution in [2.24, 2.45) is 0 Å². The Balaban J connectivity index is 2.15. The van der Waals surface area contributed by atoms with Gasteiger partial charge in [-0.05, 0) is 33.2 Å². The lowest BCUT2D eigenvalue weighted by Crippen LogP contribution is -2.65. The maximum Gasteiger partial charge on any atom is 0.419 e. The van der Waals surface area contributed by atoms with Crippen LogP contribution in [0.4, 0.5) is 22.0 Å². The van der Waals surface area contributed by atoms with Crippen LogP contribution in [0.2, 0.25) is 0 Å². The summed E-state index contributed by atoms with van der Waals surface area (Å²) in [5.41, 5.74) is -2.15. The molecule has 1 aliphatic rings. The van der Waals surface area contributed by atoms with Crippen LogP contribution in [0, 0.1) is 11.6 Å². The number of alkyl halides is 3. The number of carbonyl (C=O) groups excluding carboxylic acids is 2. The Morgan fingerprint density at radius 1 is 1.26 bits per heavy atom. The van der Waals surface area contributed by atoms with Crippen molar-refractivity contribution in [1.29, 1.82) is 0 Å². The van der Waals surface area contributed by atoms with Gasteiger partial charge in [-0.2, -0.15) is 13.2 Å². The van der Waals surface area contributed by atoms with Crippen LogP contribution in [0.25, 0.3) is 0 Å². The minimum absolute atomic E-state index is 0.0572. The number of rotatable bonds is 4. The molecule has 0 bridgehead atoms. The van der Waals surface area contributed by atoms with E-state index in [1.807, 2.05) is 0 Å². The number of nitrogens with one attached hydrogen (secondary N) is 3. The quantitative estimate of drug-likeness (QED) is 0.677. The first kappa shape index (κ1) is 21.0. The van der Waals surface area contributed by atoms with Gasteiger partial charge in [-0.25, -0.2) is 8.78 Å². The maximum absolute atomic E-state index is 14.0. The second-order valence-electron chi connectivity index (χ2n) is 6.44. The number of halogens is 5. The smallest absolute Gasteiger partial charge is 0.348 e. The Morgan fingerprint density at radius 2 is 1.89 bits per heavy atom. The Labute approximate surface area is 152 Å². The van der Waals surface area contributed by atoms with Gasteiger partial charge in [-0.15, -0.1) is 0 Å². The van der Waals surface area contributed by atoms with Crippen molar-refractivity contribution < 1.29 is 31.5 Å². The Bertz CT molecular complexity index is 738. The number of carbonyl (C=O) groups is 2. The number of amides is 2. The molecule has 3 atom stereocenters. The molecule has 2 unspecified atom stereocenters. The van der Waals surface area contributed by atoms with Gasteiger partial charge >= 0.3 is 6.18 Å². The van der Waals surface area contributed by atoms with Gasteiger partial charge in [0.05, 0.1) is 24.1 Å². The predicted molar refractivity (Wildman–Crippen MR) is 85.1 cm³/mol. The van der Waals surface area contributed by atoms with E-state index in [-0.39, 0.29) is 18.4 Å². The molecule has 0 spiro atoms. The van der Waals surface area contributed by atoms with Crippen LogP contribution in [0.5, 0.6) is 0 Å². The third kappa shape index (κ3) is 4.92. The molecule has 2 amide bonds. The summed E-state index contributed by atoms with van der Waals surface area (Å²) in [6.07, 6.45) is -5.80. The normalized spacial score (nSPS) is 21.7. The first-order valence-electron chi connectivity index (χ1n) is 7.98. The van der Waals surface area contributed by atoms with E-state index in [1.165, 1.54) is 6.92 Å². The molecular weight excluding hydrogens is 375 g/mol. The van der Waals surface area contributed by atoms with Crippen molar-refractivity contribution in [3.8, 4) is 0 Å². The van der Waals surface area contributed by atoms with Gasteiger partial charge in [0.2, 0.25) is 11.8 Å². The Morgan fingerprint density at radius 3 is 2.44 bits per heavy atom. The van der Waals surface area contributed by atoms with Crippen molar-refractivity contribution in [1.82, 2.24) is 20.9 Å². The zero-order chi connectivity index (χ0) is 20.5. The third-order valence-corrected chi connectivity index (χ3v) is 4.10. The van der Waals surface area contributed by atoms with Crippen molar-refractivity contribution in [3.05, 3.63) is 34.9 Å². The molecule has 0 aromatic heterocycles. The largest absolute Gasteiger partial charge is 0.419 e. The average molecular weight is 394 g/mol. The number of hydrogen-bond acceptors (Lipinski definition) is 4. The average Bonchev–Trinajstić information content (AvgIpc) is 2.54. The van der Waals surface area contributed by atoms with Crippen molar-refractivity contribution >= 4 is 11.8 Å². The van der Waals surface area contributed by atoms with E-state index in [0.29, 0.717) is 6.07 Å². The summed E-state index contributed by atoms with van der Waals surface area (Å²) in [6, 6.07) is -1.58. The first-order valence-corrected chi connectivity index (χ1v) is 7.98. The fraction of sp³-hybridized carbons (Fsp3) is 0.500. The zero-order valence-electron chi connectivity index (χ0n) is 14.7. The van der Waals surface area contributed by atoms with Crippen molar-refractivity contribution in [2.75, 3.05) is 14.1 Å². The van der Waals surface area contributed by atoms with E-state index < -0.39 is 53.2 Å². The molecule has 1 heterocycles. The predicted octanol–water partition coefficient (Wildman–Crippen LogP) is 1.48. The van der Waals surface area contributed by atoms with Crippen LogP contribution in [-0.2, 0) is 15.8 Å². The lowest BCUT2D eigenvalue weighted by molar-refractivity contribution is -0.140. The molecule has 0 radical (unpaired) electrons. The third-order valence-electron chi connectivity index (χ3n) is 4.10. The molecule has 1 saturated heterocycles. The van der Waals surface area contributed by atoms with Crippen LogP contribution in [-0.4, -0.2) is 43.1 Å². The summed E-state index contributed by atoms with van der Waals surface area (Å²) in [7, 11) is 3.34. The van der Waals surface area contributed by atoms with E-state index >= 15 is 0 Å². The van der Waals surface area contributed by atoms with Crippen LogP contribution >= 0.6 is 0 Å². The molecule has 0 saturated carbocycles. The van der Waals surface area contributed by atoms with Crippen LogP contribution in [0.1, 0.15) is 30.5 Å². The molecule has 3 N–H and O–H groups in total. The molecule has 6 nitrogen and oxygen atoms in total. The van der Waals surface area contributed by atoms with Crippen molar-refractivity contribution in [3.63, 3.8) is 0 Å². The number of benzene rings is 1. The lowest BCUT2D eigenvalue weighted by atomic mass is 10.0. The standard InChI is InChI=1S/C16H19F5N4O2/c1-7(8-4-11(18)9(5-10(8)17)16(19,20)21)22-14(27)12-6-13(26)24-15(23-12)25(2)3/h4-5,7,12,15,23H,6H2,1-3H3,(H,22,27)(H,24,26)/t7-,12?,15?/m1/s1.